The molecule has 4 aromatic rings. The van der Waals surface area contributed by atoms with E-state index in [4.69, 9.17) is 4.98 Å². The number of benzene rings is 2. The minimum absolute atomic E-state index is 0.0987. The van der Waals surface area contributed by atoms with Crippen LogP contribution in [-0.2, 0) is 10.0 Å². The van der Waals surface area contributed by atoms with Crippen molar-refractivity contribution in [2.24, 2.45) is 0 Å². The maximum absolute atomic E-state index is 13.9. The molecule has 2 aromatic carbocycles. The average molecular weight is 517 g/mol. The number of aryl methyl sites for hydroxylation is 1. The number of carbonyl (C=O) groups excluding carboxylic acids is 1. The van der Waals surface area contributed by atoms with Gasteiger partial charge >= 0.3 is 0 Å². The first-order valence-electron chi connectivity index (χ1n) is 11.3. The van der Waals surface area contributed by atoms with Crippen LogP contribution in [0, 0.1) is 18.8 Å². The largest absolute Gasteiger partial charge is 0.341 e. The van der Waals surface area contributed by atoms with Gasteiger partial charge in [-0.3, -0.25) is 19.1 Å². The van der Waals surface area contributed by atoms with Crippen molar-refractivity contribution in [3.63, 3.8) is 0 Å². The number of carbonyl (C=O) groups is 1. The summed E-state index contributed by atoms with van der Waals surface area (Å²) < 4.78 is 26.4. The fourth-order valence-electron chi connectivity index (χ4n) is 3.74. The second-order valence-electron chi connectivity index (χ2n) is 8.23. The quantitative estimate of drug-likeness (QED) is 0.374. The Balaban J connectivity index is 1.83. The molecule has 11 heteroatoms. The molecule has 2 aromatic heterocycles. The summed E-state index contributed by atoms with van der Waals surface area (Å²) in [5, 5.41) is 3.15. The highest BCUT2D eigenvalue weighted by Gasteiger charge is 2.22. The summed E-state index contributed by atoms with van der Waals surface area (Å²) in [5.74, 6) is 5.49. The monoisotopic (exact) mass is 516 g/mol. The van der Waals surface area contributed by atoms with E-state index in [1.165, 1.54) is 17.0 Å². The zero-order valence-electron chi connectivity index (χ0n) is 20.4. The molecule has 188 valence electrons. The molecule has 2 N–H and O–H groups in total. The van der Waals surface area contributed by atoms with Gasteiger partial charge in [0.2, 0.25) is 10.0 Å². The van der Waals surface area contributed by atoms with Crippen molar-refractivity contribution < 1.29 is 13.2 Å². The molecule has 0 bridgehead atoms. The summed E-state index contributed by atoms with van der Waals surface area (Å²) in [7, 11) is -3.39. The third-order valence-corrected chi connectivity index (χ3v) is 6.08. The average Bonchev–Trinajstić information content (AvgIpc) is 2.86. The minimum Gasteiger partial charge on any atom is -0.341 e. The Kier molecular flexibility index (Phi) is 7.42. The predicted octanol–water partition coefficient (Wildman–Crippen LogP) is 1.88. The zero-order valence-corrected chi connectivity index (χ0v) is 21.2. The van der Waals surface area contributed by atoms with E-state index in [1.54, 1.807) is 56.3 Å². The topological polar surface area (TPSA) is 136 Å². The lowest BCUT2D eigenvalue weighted by atomic mass is 10.1. The molecule has 0 fully saturated rings. The molecule has 0 saturated heterocycles. The molecule has 0 aliphatic rings. The Labute approximate surface area is 213 Å². The Morgan fingerprint density at radius 1 is 1.08 bits per heavy atom. The van der Waals surface area contributed by atoms with Gasteiger partial charge in [0.1, 0.15) is 11.5 Å². The van der Waals surface area contributed by atoms with Crippen LogP contribution in [-0.4, -0.2) is 46.6 Å². The van der Waals surface area contributed by atoms with Crippen LogP contribution >= 0.6 is 0 Å². The molecule has 4 rings (SSSR count). The summed E-state index contributed by atoms with van der Waals surface area (Å²) in [6.45, 7) is 3.32. The van der Waals surface area contributed by atoms with Crippen molar-refractivity contribution in [1.29, 1.82) is 0 Å². The van der Waals surface area contributed by atoms with Crippen molar-refractivity contribution in [1.82, 2.24) is 29.6 Å². The Morgan fingerprint density at radius 2 is 1.81 bits per heavy atom. The zero-order chi connectivity index (χ0) is 26.6. The molecular formula is C26H24N6O4S. The number of hydrogen-bond donors (Lipinski definition) is 2. The summed E-state index contributed by atoms with van der Waals surface area (Å²) in [4.78, 5) is 39.8. The fourth-order valence-corrected chi connectivity index (χ4v) is 4.07. The van der Waals surface area contributed by atoms with E-state index >= 15 is 0 Å². The van der Waals surface area contributed by atoms with Gasteiger partial charge in [0, 0.05) is 18.0 Å². The van der Waals surface area contributed by atoms with Crippen LogP contribution in [0.3, 0.4) is 0 Å². The van der Waals surface area contributed by atoms with E-state index in [-0.39, 0.29) is 23.2 Å². The molecule has 0 unspecified atom stereocenters. The van der Waals surface area contributed by atoms with E-state index in [1.807, 2.05) is 6.07 Å². The Morgan fingerprint density at radius 3 is 2.51 bits per heavy atom. The fraction of sp³-hybridized carbons (Fsp3) is 0.192. The van der Waals surface area contributed by atoms with Gasteiger partial charge in [-0.2, -0.15) is 0 Å². The van der Waals surface area contributed by atoms with Crippen LogP contribution in [0.5, 0.6) is 0 Å². The second-order valence-corrected chi connectivity index (χ2v) is 10.1. The van der Waals surface area contributed by atoms with Crippen LogP contribution in [0.2, 0.25) is 0 Å². The second kappa shape index (κ2) is 10.7. The maximum atomic E-state index is 13.9. The number of hydrogen-bond acceptors (Lipinski definition) is 7. The number of para-hydroxylation sites is 1. The van der Waals surface area contributed by atoms with Gasteiger partial charge in [-0.25, -0.2) is 23.1 Å². The molecule has 37 heavy (non-hydrogen) atoms. The summed E-state index contributed by atoms with van der Waals surface area (Å²) in [5.41, 5.74) is 1.66. The van der Waals surface area contributed by atoms with Gasteiger partial charge in [-0.05, 0) is 38.1 Å². The molecular weight excluding hydrogens is 492 g/mol. The number of fused-ring (bicyclic) bond motifs is 1. The highest BCUT2D eigenvalue weighted by molar-refractivity contribution is 7.88. The van der Waals surface area contributed by atoms with Crippen LogP contribution in [0.4, 0.5) is 0 Å². The van der Waals surface area contributed by atoms with Gasteiger partial charge in [0.15, 0.2) is 0 Å². The number of rotatable bonds is 6. The highest BCUT2D eigenvalue weighted by atomic mass is 32.2. The first-order chi connectivity index (χ1) is 17.7. The smallest absolute Gasteiger partial charge is 0.272 e. The van der Waals surface area contributed by atoms with Crippen molar-refractivity contribution in [3.8, 4) is 17.5 Å². The normalized spacial score (nSPS) is 12.0. The van der Waals surface area contributed by atoms with Gasteiger partial charge in [-0.15, -0.1) is 0 Å². The van der Waals surface area contributed by atoms with E-state index in [0.717, 1.165) is 6.26 Å². The van der Waals surface area contributed by atoms with Crippen molar-refractivity contribution in [3.05, 3.63) is 94.1 Å². The van der Waals surface area contributed by atoms with E-state index in [9.17, 15) is 18.0 Å². The van der Waals surface area contributed by atoms with Gasteiger partial charge < -0.3 is 5.32 Å². The molecule has 1 amide bonds. The molecule has 2 heterocycles. The van der Waals surface area contributed by atoms with E-state index in [0.29, 0.717) is 28.3 Å². The predicted molar refractivity (Wildman–Crippen MR) is 140 cm³/mol. The first kappa shape index (κ1) is 25.7. The molecule has 10 nitrogen and oxygen atoms in total. The van der Waals surface area contributed by atoms with Crippen molar-refractivity contribution >= 4 is 26.8 Å². The van der Waals surface area contributed by atoms with E-state index < -0.39 is 22.0 Å². The standard InChI is InChI=1S/C26H24N6O4S/c1-17-23(28-16-15-27-17)25(33)30-18(2)24-31-21-13-7-9-19(10-8-14-29-37(3,35)36)22(21)26(34)32(24)20-11-5-4-6-12-20/h4-7,9,11-13,15-16,18,29H,14H2,1-3H3,(H,30,33)/t18-/m0/s1. The molecule has 0 aliphatic heterocycles. The lowest BCUT2D eigenvalue weighted by Crippen LogP contribution is -2.34. The van der Waals surface area contributed by atoms with E-state index in [2.05, 4.69) is 31.8 Å². The Hall–Kier alpha value is -4.40. The molecule has 0 saturated carbocycles. The SMILES string of the molecule is Cc1nccnc1C(=O)N[C@@H](C)c1nc2cccc(C#CCNS(C)(=O)=O)c2c(=O)n1-c1ccccc1. The molecule has 0 aliphatic carbocycles. The maximum Gasteiger partial charge on any atom is 0.272 e. The van der Waals surface area contributed by atoms with Crippen LogP contribution in [0.15, 0.2) is 65.7 Å². The number of sulfonamides is 1. The van der Waals surface area contributed by atoms with Gasteiger partial charge in [0.05, 0.1) is 41.1 Å². The van der Waals surface area contributed by atoms with Crippen molar-refractivity contribution in [2.45, 2.75) is 19.9 Å². The Bertz CT molecular complexity index is 1710. The molecule has 0 spiro atoms. The summed E-state index contributed by atoms with van der Waals surface area (Å²) >= 11 is 0. The van der Waals surface area contributed by atoms with Crippen molar-refractivity contribution in [2.75, 3.05) is 12.8 Å². The summed E-state index contributed by atoms with van der Waals surface area (Å²) in [6.07, 6.45) is 3.99. The summed E-state index contributed by atoms with van der Waals surface area (Å²) in [6, 6.07) is 13.4. The number of aromatic nitrogens is 4. The first-order valence-corrected chi connectivity index (χ1v) is 13.2. The molecule has 0 radical (unpaired) electrons. The van der Waals surface area contributed by atoms with Gasteiger partial charge in [0.25, 0.3) is 11.5 Å². The number of amides is 1. The van der Waals surface area contributed by atoms with Crippen LogP contribution < -0.4 is 15.6 Å². The third kappa shape index (κ3) is 5.88. The van der Waals surface area contributed by atoms with Gasteiger partial charge in [-0.1, -0.05) is 36.1 Å². The lowest BCUT2D eigenvalue weighted by molar-refractivity contribution is 0.0931. The third-order valence-electron chi connectivity index (χ3n) is 5.41. The number of nitrogens with zero attached hydrogens (tertiary/aromatic N) is 4. The number of nitrogens with one attached hydrogen (secondary N) is 2. The lowest BCUT2D eigenvalue weighted by Gasteiger charge is -2.20. The highest BCUT2D eigenvalue weighted by Crippen LogP contribution is 2.20. The van der Waals surface area contributed by atoms with Crippen LogP contribution in [0.25, 0.3) is 16.6 Å². The minimum atomic E-state index is -3.39. The molecule has 1 atom stereocenters. The van der Waals surface area contributed by atoms with Crippen LogP contribution in [0.1, 0.15) is 40.5 Å².